The number of amides is 1. The van der Waals surface area contributed by atoms with Gasteiger partial charge in [0.25, 0.3) is 5.56 Å². The molecule has 9 nitrogen and oxygen atoms in total. The van der Waals surface area contributed by atoms with Crippen molar-refractivity contribution in [3.63, 3.8) is 0 Å². The highest BCUT2D eigenvalue weighted by Gasteiger charge is 2.29. The predicted octanol–water partition coefficient (Wildman–Crippen LogP) is 2.16. The molecule has 0 spiro atoms. The highest BCUT2D eigenvalue weighted by Crippen LogP contribution is 2.31. The summed E-state index contributed by atoms with van der Waals surface area (Å²) in [5, 5.41) is 0. The van der Waals surface area contributed by atoms with Crippen LogP contribution in [0.2, 0.25) is 0 Å². The summed E-state index contributed by atoms with van der Waals surface area (Å²) in [5.41, 5.74) is 0.743. The van der Waals surface area contributed by atoms with E-state index in [-0.39, 0.29) is 37.2 Å². The standard InChI is InChI=1S/C25H31N5O4/c1-17-12-27(13-18(2)34-17)21(31)15-29-24(32)22-23(26-16-30(22)20-10-6-7-11-20)28(25(29)33)14-19-8-4-3-5-9-19/h3-5,8-9,16-18,20H,6-7,10-15H2,1-2H3/t17-,18+. The van der Waals surface area contributed by atoms with E-state index < -0.39 is 11.2 Å². The predicted molar refractivity (Wildman–Crippen MR) is 128 cm³/mol. The van der Waals surface area contributed by atoms with Crippen molar-refractivity contribution in [1.82, 2.24) is 23.6 Å². The van der Waals surface area contributed by atoms with Crippen LogP contribution in [0.15, 0.2) is 46.2 Å². The SMILES string of the molecule is C[C@@H]1CN(C(=O)Cn2c(=O)c3c(ncn3C3CCCC3)n(Cc3ccccc3)c2=O)C[C@H](C)O1. The minimum absolute atomic E-state index is 0.0922. The van der Waals surface area contributed by atoms with Crippen LogP contribution in [0.1, 0.15) is 51.1 Å². The molecule has 5 rings (SSSR count). The molecule has 0 unspecified atom stereocenters. The smallest absolute Gasteiger partial charge is 0.333 e. The van der Waals surface area contributed by atoms with E-state index in [2.05, 4.69) is 4.98 Å². The summed E-state index contributed by atoms with van der Waals surface area (Å²) in [6.07, 6.45) is 5.66. The van der Waals surface area contributed by atoms with Gasteiger partial charge in [0.15, 0.2) is 11.2 Å². The molecule has 0 bridgehead atoms. The van der Waals surface area contributed by atoms with Crippen molar-refractivity contribution in [2.24, 2.45) is 0 Å². The molecule has 3 heterocycles. The molecule has 180 valence electrons. The number of hydrogen-bond donors (Lipinski definition) is 0. The van der Waals surface area contributed by atoms with Gasteiger partial charge in [-0.2, -0.15) is 0 Å². The molecular formula is C25H31N5O4. The fourth-order valence-corrected chi connectivity index (χ4v) is 5.33. The third-order valence-corrected chi connectivity index (χ3v) is 6.91. The third kappa shape index (κ3) is 4.20. The lowest BCUT2D eigenvalue weighted by atomic mass is 10.2. The van der Waals surface area contributed by atoms with Crippen LogP contribution < -0.4 is 11.2 Å². The number of hydrogen-bond acceptors (Lipinski definition) is 5. The maximum atomic E-state index is 13.6. The number of ether oxygens (including phenoxy) is 1. The van der Waals surface area contributed by atoms with Crippen LogP contribution in [-0.4, -0.2) is 54.8 Å². The molecule has 1 aliphatic heterocycles. The van der Waals surface area contributed by atoms with E-state index in [1.54, 1.807) is 11.2 Å². The summed E-state index contributed by atoms with van der Waals surface area (Å²) in [4.78, 5) is 46.6. The number of benzene rings is 1. The van der Waals surface area contributed by atoms with Crippen LogP contribution in [-0.2, 0) is 22.6 Å². The molecule has 1 amide bonds. The molecule has 3 aromatic rings. The number of nitrogens with zero attached hydrogens (tertiary/aromatic N) is 5. The normalized spacial score (nSPS) is 21.4. The van der Waals surface area contributed by atoms with Gasteiger partial charge in [0.05, 0.1) is 25.1 Å². The Bertz CT molecular complexity index is 1290. The van der Waals surface area contributed by atoms with Crippen LogP contribution in [0.5, 0.6) is 0 Å². The first kappa shape index (κ1) is 22.6. The van der Waals surface area contributed by atoms with Crippen molar-refractivity contribution >= 4 is 17.1 Å². The van der Waals surface area contributed by atoms with Crippen LogP contribution in [0.4, 0.5) is 0 Å². The first-order valence-electron chi connectivity index (χ1n) is 12.1. The fourth-order valence-electron chi connectivity index (χ4n) is 5.33. The van der Waals surface area contributed by atoms with Crippen molar-refractivity contribution in [2.75, 3.05) is 13.1 Å². The molecule has 1 aromatic carbocycles. The average Bonchev–Trinajstić information content (AvgIpc) is 3.49. The molecule has 1 saturated carbocycles. The second kappa shape index (κ2) is 9.21. The van der Waals surface area contributed by atoms with E-state index in [1.807, 2.05) is 48.7 Å². The lowest BCUT2D eigenvalue weighted by Crippen LogP contribution is -2.51. The van der Waals surface area contributed by atoms with Gasteiger partial charge in [-0.05, 0) is 32.3 Å². The van der Waals surface area contributed by atoms with E-state index >= 15 is 0 Å². The van der Waals surface area contributed by atoms with Crippen molar-refractivity contribution in [3.8, 4) is 0 Å². The van der Waals surface area contributed by atoms with Crippen molar-refractivity contribution in [1.29, 1.82) is 0 Å². The zero-order valence-corrected chi connectivity index (χ0v) is 19.7. The highest BCUT2D eigenvalue weighted by molar-refractivity contribution is 5.77. The summed E-state index contributed by atoms with van der Waals surface area (Å²) in [6.45, 7) is 4.70. The largest absolute Gasteiger partial charge is 0.372 e. The molecule has 1 saturated heterocycles. The summed E-state index contributed by atoms with van der Waals surface area (Å²) >= 11 is 0. The quantitative estimate of drug-likeness (QED) is 0.576. The van der Waals surface area contributed by atoms with Crippen LogP contribution in [0, 0.1) is 0 Å². The molecule has 2 fully saturated rings. The van der Waals surface area contributed by atoms with Gasteiger partial charge in [0, 0.05) is 19.1 Å². The first-order valence-corrected chi connectivity index (χ1v) is 12.1. The van der Waals surface area contributed by atoms with Gasteiger partial charge in [-0.25, -0.2) is 14.3 Å². The second-order valence-electron chi connectivity index (χ2n) is 9.56. The molecule has 9 heteroatoms. The number of rotatable bonds is 5. The number of morpholine rings is 1. The molecule has 1 aliphatic carbocycles. The number of carbonyl (C=O) groups is 1. The molecular weight excluding hydrogens is 434 g/mol. The molecule has 2 aromatic heterocycles. The van der Waals surface area contributed by atoms with Gasteiger partial charge in [-0.15, -0.1) is 0 Å². The van der Waals surface area contributed by atoms with E-state index in [0.29, 0.717) is 24.3 Å². The topological polar surface area (TPSA) is 91.4 Å². The van der Waals surface area contributed by atoms with Crippen LogP contribution in [0.25, 0.3) is 11.2 Å². The van der Waals surface area contributed by atoms with E-state index in [9.17, 15) is 14.4 Å². The van der Waals surface area contributed by atoms with Gasteiger partial charge >= 0.3 is 5.69 Å². The second-order valence-corrected chi connectivity index (χ2v) is 9.56. The van der Waals surface area contributed by atoms with Crippen molar-refractivity contribution < 1.29 is 9.53 Å². The third-order valence-electron chi connectivity index (χ3n) is 6.91. The Labute approximate surface area is 197 Å². The Morgan fingerprint density at radius 2 is 1.71 bits per heavy atom. The molecule has 0 N–H and O–H groups in total. The lowest BCUT2D eigenvalue weighted by molar-refractivity contribution is -0.143. The summed E-state index contributed by atoms with van der Waals surface area (Å²) < 4.78 is 10.3. The van der Waals surface area contributed by atoms with Gasteiger partial charge in [-0.3, -0.25) is 14.2 Å². The molecule has 2 atom stereocenters. The van der Waals surface area contributed by atoms with Crippen LogP contribution in [0.3, 0.4) is 0 Å². The Morgan fingerprint density at radius 1 is 1.03 bits per heavy atom. The Balaban J connectivity index is 1.60. The van der Waals surface area contributed by atoms with Crippen LogP contribution >= 0.6 is 0 Å². The maximum absolute atomic E-state index is 13.6. The minimum Gasteiger partial charge on any atom is -0.372 e. The van der Waals surface area contributed by atoms with Gasteiger partial charge in [0.1, 0.15) is 6.54 Å². The number of carbonyl (C=O) groups excluding carboxylic acids is 1. The summed E-state index contributed by atoms with van der Waals surface area (Å²) in [5.74, 6) is -0.251. The molecule has 2 aliphatic rings. The maximum Gasteiger partial charge on any atom is 0.333 e. The van der Waals surface area contributed by atoms with Crippen molar-refractivity contribution in [2.45, 2.75) is 70.9 Å². The Hall–Kier alpha value is -3.20. The Kier molecular flexibility index (Phi) is 6.12. The lowest BCUT2D eigenvalue weighted by Gasteiger charge is -2.35. The number of imidazole rings is 1. The Morgan fingerprint density at radius 3 is 2.38 bits per heavy atom. The van der Waals surface area contributed by atoms with Gasteiger partial charge in [0.2, 0.25) is 5.91 Å². The zero-order chi connectivity index (χ0) is 23.8. The zero-order valence-electron chi connectivity index (χ0n) is 19.7. The number of fused-ring (bicyclic) bond motifs is 1. The molecule has 0 radical (unpaired) electrons. The highest BCUT2D eigenvalue weighted by atomic mass is 16.5. The van der Waals surface area contributed by atoms with Crippen molar-refractivity contribution in [3.05, 3.63) is 63.1 Å². The minimum atomic E-state index is -0.513. The average molecular weight is 466 g/mol. The molecule has 34 heavy (non-hydrogen) atoms. The van der Waals surface area contributed by atoms with E-state index in [1.165, 1.54) is 4.57 Å². The van der Waals surface area contributed by atoms with Gasteiger partial charge < -0.3 is 14.2 Å². The summed E-state index contributed by atoms with van der Waals surface area (Å²) in [7, 11) is 0. The first-order chi connectivity index (χ1) is 16.4. The fraction of sp³-hybridized carbons (Fsp3) is 0.520. The van der Waals surface area contributed by atoms with E-state index in [4.69, 9.17) is 4.74 Å². The summed E-state index contributed by atoms with van der Waals surface area (Å²) in [6, 6.07) is 9.79. The van der Waals surface area contributed by atoms with E-state index in [0.717, 1.165) is 35.8 Å². The monoisotopic (exact) mass is 465 g/mol. The van der Waals surface area contributed by atoms with Gasteiger partial charge in [-0.1, -0.05) is 43.2 Å². The number of aromatic nitrogens is 4.